The van der Waals surface area contributed by atoms with Gasteiger partial charge in [0.05, 0.1) is 30.2 Å². The number of aromatic nitrogens is 1. The maximum absolute atomic E-state index is 15.8. The largest absolute Gasteiger partial charge is 0.485 e. The highest BCUT2D eigenvalue weighted by Gasteiger charge is 2.34. The Labute approximate surface area is 244 Å². The average Bonchev–Trinajstić information content (AvgIpc) is 3.34. The number of benzene rings is 4. The summed E-state index contributed by atoms with van der Waals surface area (Å²) in [6.07, 6.45) is 0. The minimum Gasteiger partial charge on any atom is -0.485 e. The highest BCUT2D eigenvalue weighted by atomic mass is 19.1. The lowest BCUT2D eigenvalue weighted by Gasteiger charge is -2.28. The third-order valence-corrected chi connectivity index (χ3v) is 7.41. The molecular formula is C35H33F2NO4. The van der Waals surface area contributed by atoms with Crippen LogP contribution in [0.4, 0.5) is 8.78 Å². The summed E-state index contributed by atoms with van der Waals surface area (Å²) in [4.78, 5) is 12.2. The number of hydrogen-bond acceptors (Lipinski definition) is 4. The number of nitrogens with zero attached hydrogens (tertiary/aromatic N) is 1. The second-order valence-corrected chi connectivity index (χ2v) is 10.9. The predicted molar refractivity (Wildman–Crippen MR) is 160 cm³/mol. The van der Waals surface area contributed by atoms with E-state index < -0.39 is 17.2 Å². The molecule has 0 radical (unpaired) electrons. The number of fused-ring (bicyclic) bond motifs is 1. The summed E-state index contributed by atoms with van der Waals surface area (Å²) in [5, 5.41) is 0.568. The van der Waals surface area contributed by atoms with Crippen molar-refractivity contribution in [1.29, 1.82) is 0 Å². The number of halogens is 2. The number of esters is 1. The fourth-order valence-electron chi connectivity index (χ4n) is 5.47. The van der Waals surface area contributed by atoms with Crippen LogP contribution in [0.5, 0.6) is 5.75 Å². The summed E-state index contributed by atoms with van der Waals surface area (Å²) in [6, 6.07) is 24.6. The van der Waals surface area contributed by atoms with Crippen LogP contribution in [-0.4, -0.2) is 31.4 Å². The van der Waals surface area contributed by atoms with Crippen LogP contribution in [0, 0.1) is 18.6 Å². The molecule has 4 aromatic carbocycles. The van der Waals surface area contributed by atoms with Crippen molar-refractivity contribution < 1.29 is 27.8 Å². The topological polar surface area (TPSA) is 49.7 Å². The summed E-state index contributed by atoms with van der Waals surface area (Å²) >= 11 is 0. The Bertz CT molecular complexity index is 1740. The number of ether oxygens (including phenoxy) is 3. The molecule has 0 amide bonds. The summed E-state index contributed by atoms with van der Waals surface area (Å²) in [5.74, 6) is -1.17. The van der Waals surface area contributed by atoms with Gasteiger partial charge in [-0.2, -0.15) is 0 Å². The van der Waals surface area contributed by atoms with Crippen LogP contribution in [0.2, 0.25) is 0 Å². The normalized spacial score (nSPS) is 11.6. The Morgan fingerprint density at radius 2 is 1.57 bits per heavy atom. The monoisotopic (exact) mass is 569 g/mol. The second-order valence-electron chi connectivity index (χ2n) is 10.9. The van der Waals surface area contributed by atoms with Crippen LogP contribution in [0.15, 0.2) is 84.9 Å². The number of carbonyl (C=O) groups is 1. The first-order chi connectivity index (χ1) is 20.2. The van der Waals surface area contributed by atoms with Crippen molar-refractivity contribution in [1.82, 2.24) is 4.57 Å². The number of carbonyl (C=O) groups excluding carboxylic acids is 1. The number of aryl methyl sites for hydroxylation is 1. The molecule has 0 N–H and O–H groups in total. The highest BCUT2D eigenvalue weighted by Crippen LogP contribution is 2.47. The summed E-state index contributed by atoms with van der Waals surface area (Å²) in [5.41, 5.74) is 4.89. The first-order valence-electron chi connectivity index (χ1n) is 13.6. The molecule has 0 spiro atoms. The average molecular weight is 570 g/mol. The van der Waals surface area contributed by atoms with Crippen LogP contribution in [0.25, 0.3) is 27.7 Å². The summed E-state index contributed by atoms with van der Waals surface area (Å²) in [6.45, 7) is 6.31. The van der Waals surface area contributed by atoms with Gasteiger partial charge in [-0.05, 0) is 66.1 Å². The fraction of sp³-hybridized carbons (Fsp3) is 0.229. The van der Waals surface area contributed by atoms with Gasteiger partial charge in [0.15, 0.2) is 11.6 Å². The van der Waals surface area contributed by atoms with Crippen molar-refractivity contribution in [3.05, 3.63) is 119 Å². The van der Waals surface area contributed by atoms with Crippen molar-refractivity contribution in [3.8, 4) is 22.6 Å². The molecule has 7 heteroatoms. The molecule has 0 unspecified atom stereocenters. The lowest BCUT2D eigenvalue weighted by molar-refractivity contribution is 0.0600. The summed E-state index contributed by atoms with van der Waals surface area (Å²) < 4.78 is 49.0. The molecule has 5 aromatic rings. The van der Waals surface area contributed by atoms with E-state index in [0.717, 1.165) is 28.1 Å². The van der Waals surface area contributed by atoms with Crippen LogP contribution >= 0.6 is 0 Å². The van der Waals surface area contributed by atoms with E-state index in [4.69, 9.17) is 14.2 Å². The molecule has 0 saturated heterocycles. The van der Waals surface area contributed by atoms with Crippen LogP contribution < -0.4 is 4.74 Å². The van der Waals surface area contributed by atoms with Crippen molar-refractivity contribution in [2.24, 2.45) is 0 Å². The third kappa shape index (κ3) is 5.40. The van der Waals surface area contributed by atoms with Gasteiger partial charge in [-0.3, -0.25) is 0 Å². The second kappa shape index (κ2) is 11.8. The van der Waals surface area contributed by atoms with Crippen molar-refractivity contribution >= 4 is 16.9 Å². The first kappa shape index (κ1) is 29.0. The molecule has 5 rings (SSSR count). The first-order valence-corrected chi connectivity index (χ1v) is 13.6. The van der Waals surface area contributed by atoms with Gasteiger partial charge < -0.3 is 18.8 Å². The number of hydrogen-bond donors (Lipinski definition) is 0. The molecule has 0 fully saturated rings. The lowest BCUT2D eigenvalue weighted by atomic mass is 9.84. The fourth-order valence-corrected chi connectivity index (χ4v) is 5.47. The van der Waals surface area contributed by atoms with E-state index >= 15 is 4.39 Å². The molecule has 0 aliphatic heterocycles. The predicted octanol–water partition coefficient (Wildman–Crippen LogP) is 8.17. The molecule has 0 aliphatic carbocycles. The van der Waals surface area contributed by atoms with Crippen LogP contribution in [0.3, 0.4) is 0 Å². The molecule has 5 nitrogen and oxygen atoms in total. The molecule has 1 heterocycles. The maximum atomic E-state index is 15.8. The molecular weight excluding hydrogens is 536 g/mol. The quantitative estimate of drug-likeness (QED) is 0.168. The van der Waals surface area contributed by atoms with Gasteiger partial charge in [-0.1, -0.05) is 56.3 Å². The Hall–Kier alpha value is -4.49. The van der Waals surface area contributed by atoms with E-state index in [2.05, 4.69) is 0 Å². The Balaban J connectivity index is 1.88. The van der Waals surface area contributed by atoms with E-state index in [1.807, 2.05) is 60.9 Å². The van der Waals surface area contributed by atoms with E-state index in [-0.39, 0.29) is 18.2 Å². The van der Waals surface area contributed by atoms with E-state index in [1.165, 1.54) is 19.2 Å². The van der Waals surface area contributed by atoms with E-state index in [1.54, 1.807) is 44.4 Å². The van der Waals surface area contributed by atoms with Crippen molar-refractivity contribution in [3.63, 3.8) is 0 Å². The van der Waals surface area contributed by atoms with Gasteiger partial charge in [0, 0.05) is 29.5 Å². The smallest absolute Gasteiger partial charge is 0.337 e. The van der Waals surface area contributed by atoms with Gasteiger partial charge in [0.25, 0.3) is 0 Å². The third-order valence-electron chi connectivity index (χ3n) is 7.41. The molecule has 0 atom stereocenters. The zero-order valence-electron chi connectivity index (χ0n) is 24.3. The highest BCUT2D eigenvalue weighted by molar-refractivity contribution is 6.04. The molecule has 1 aromatic heterocycles. The molecule has 216 valence electrons. The number of methoxy groups -OCH3 is 2. The molecule has 0 bridgehead atoms. The van der Waals surface area contributed by atoms with Gasteiger partial charge in [0.1, 0.15) is 12.4 Å². The number of rotatable bonds is 9. The van der Waals surface area contributed by atoms with E-state index in [9.17, 15) is 9.18 Å². The zero-order chi connectivity index (χ0) is 30.0. The maximum Gasteiger partial charge on any atom is 0.337 e. The van der Waals surface area contributed by atoms with Gasteiger partial charge in [0.2, 0.25) is 0 Å². The minimum atomic E-state index is -0.598. The van der Waals surface area contributed by atoms with Crippen LogP contribution in [0.1, 0.15) is 41.0 Å². The Kier molecular flexibility index (Phi) is 8.14. The lowest BCUT2D eigenvalue weighted by Crippen LogP contribution is -2.27. The Morgan fingerprint density at radius 3 is 2.21 bits per heavy atom. The van der Waals surface area contributed by atoms with Crippen molar-refractivity contribution in [2.45, 2.75) is 32.8 Å². The zero-order valence-corrected chi connectivity index (χ0v) is 24.3. The van der Waals surface area contributed by atoms with Gasteiger partial charge >= 0.3 is 5.97 Å². The van der Waals surface area contributed by atoms with Gasteiger partial charge in [-0.25, -0.2) is 13.6 Å². The standard InChI is InChI=1S/C35H33F2NO4/c1-22-19-26(15-16-27(22)36)38-29-18-17-28(37)32(42-20-23-9-7-6-8-10-23)31(29)30(33(38)35(2,3)21-40-4)24-11-13-25(14-12-24)34(39)41-5/h6-19H,20-21H2,1-5H3. The SMILES string of the molecule is COCC(C)(C)c1c(-c2ccc(C(=O)OC)cc2)c2c(OCc3ccccc3)c(F)ccc2n1-c1ccc(F)c(C)c1. The van der Waals surface area contributed by atoms with Crippen LogP contribution in [-0.2, 0) is 21.5 Å². The van der Waals surface area contributed by atoms with Crippen molar-refractivity contribution in [2.75, 3.05) is 20.8 Å². The molecule has 0 saturated carbocycles. The van der Waals surface area contributed by atoms with E-state index in [0.29, 0.717) is 28.6 Å². The molecule has 0 aliphatic rings. The molecule has 42 heavy (non-hydrogen) atoms. The summed E-state index contributed by atoms with van der Waals surface area (Å²) in [7, 11) is 2.97. The Morgan fingerprint density at radius 1 is 0.881 bits per heavy atom. The minimum absolute atomic E-state index is 0.107. The van der Waals surface area contributed by atoms with Gasteiger partial charge in [-0.15, -0.1) is 0 Å².